The minimum absolute atomic E-state index is 0.268. The lowest BCUT2D eigenvalue weighted by Crippen LogP contribution is -2.06. The van der Waals surface area contributed by atoms with Gasteiger partial charge in [-0.05, 0) is 165 Å². The average molecular weight is 659 g/mol. The number of hydrogen-bond donors (Lipinski definition) is 5. The van der Waals surface area contributed by atoms with Crippen LogP contribution in [0.15, 0.2) is 42.5 Å². The minimum Gasteiger partial charge on any atom is -0.508 e. The molecule has 0 spiro atoms. The number of aromatic hydroxyl groups is 5. The van der Waals surface area contributed by atoms with Gasteiger partial charge in [0.1, 0.15) is 28.7 Å². The van der Waals surface area contributed by atoms with Gasteiger partial charge >= 0.3 is 0 Å². The van der Waals surface area contributed by atoms with Gasteiger partial charge in [0.05, 0.1) is 0 Å². The average Bonchev–Trinajstić information content (AvgIpc) is 3.04. The Morgan fingerprint density at radius 3 is 1.10 bits per heavy atom. The van der Waals surface area contributed by atoms with Crippen molar-refractivity contribution in [2.75, 3.05) is 0 Å². The van der Waals surface area contributed by atoms with E-state index in [9.17, 15) is 25.5 Å². The first-order chi connectivity index (χ1) is 23.0. The van der Waals surface area contributed by atoms with Crippen molar-refractivity contribution in [3.05, 3.63) is 143 Å². The van der Waals surface area contributed by atoms with Crippen LogP contribution in [0.4, 0.5) is 0 Å². The lowest BCUT2D eigenvalue weighted by atomic mass is 9.85. The molecule has 0 saturated carbocycles. The molecule has 0 aromatic heterocycles. The normalized spacial score (nSPS) is 11.4. The van der Waals surface area contributed by atoms with Gasteiger partial charge in [-0.3, -0.25) is 0 Å². The van der Waals surface area contributed by atoms with E-state index in [-0.39, 0.29) is 28.7 Å². The van der Waals surface area contributed by atoms with Crippen LogP contribution in [-0.4, -0.2) is 25.5 Å². The van der Waals surface area contributed by atoms with E-state index in [1.807, 2.05) is 79.7 Å². The number of benzene rings is 5. The molecule has 0 aliphatic carbocycles. The second-order valence-electron chi connectivity index (χ2n) is 14.3. The summed E-state index contributed by atoms with van der Waals surface area (Å²) < 4.78 is 0. The van der Waals surface area contributed by atoms with Gasteiger partial charge in [-0.1, -0.05) is 30.3 Å². The zero-order valence-electron chi connectivity index (χ0n) is 30.6. The van der Waals surface area contributed by atoms with Crippen molar-refractivity contribution in [2.24, 2.45) is 0 Å². The molecule has 5 rings (SSSR count). The second kappa shape index (κ2) is 13.5. The monoisotopic (exact) mass is 658 g/mol. The highest BCUT2D eigenvalue weighted by Gasteiger charge is 2.21. The van der Waals surface area contributed by atoms with Crippen LogP contribution in [0.25, 0.3) is 0 Å². The summed E-state index contributed by atoms with van der Waals surface area (Å²) in [6.45, 7) is 19.7. The van der Waals surface area contributed by atoms with Crippen LogP contribution >= 0.6 is 0 Å². The lowest BCUT2D eigenvalue weighted by molar-refractivity contribution is 0.461. The highest BCUT2D eigenvalue weighted by Crippen LogP contribution is 2.39. The van der Waals surface area contributed by atoms with E-state index < -0.39 is 0 Å². The maximum absolute atomic E-state index is 11.9. The Balaban J connectivity index is 1.53. The highest BCUT2D eigenvalue weighted by atomic mass is 16.3. The van der Waals surface area contributed by atoms with Crippen LogP contribution < -0.4 is 0 Å². The zero-order valence-corrected chi connectivity index (χ0v) is 30.6. The fraction of sp³-hybridized carbons (Fsp3) is 0.318. The van der Waals surface area contributed by atoms with Crippen molar-refractivity contribution in [1.29, 1.82) is 0 Å². The molecule has 5 aromatic rings. The minimum atomic E-state index is 0.268. The summed E-state index contributed by atoms with van der Waals surface area (Å²) in [5, 5.41) is 54.7. The van der Waals surface area contributed by atoms with Crippen LogP contribution in [0.5, 0.6) is 28.7 Å². The second-order valence-corrected chi connectivity index (χ2v) is 14.3. The quantitative estimate of drug-likeness (QED) is 0.114. The molecule has 49 heavy (non-hydrogen) atoms. The molecule has 5 heteroatoms. The Morgan fingerprint density at radius 1 is 0.306 bits per heavy atom. The van der Waals surface area contributed by atoms with Gasteiger partial charge in [0, 0.05) is 42.4 Å². The number of rotatable bonds is 8. The van der Waals surface area contributed by atoms with E-state index in [1.165, 1.54) is 0 Å². The third kappa shape index (κ3) is 6.85. The molecule has 0 radical (unpaired) electrons. The van der Waals surface area contributed by atoms with E-state index in [4.69, 9.17) is 0 Å². The summed E-state index contributed by atoms with van der Waals surface area (Å²) in [6, 6.07) is 13.6. The van der Waals surface area contributed by atoms with E-state index in [0.717, 1.165) is 100 Å². The largest absolute Gasteiger partial charge is 0.508 e. The van der Waals surface area contributed by atoms with Gasteiger partial charge in [-0.15, -0.1) is 0 Å². The predicted molar refractivity (Wildman–Crippen MR) is 199 cm³/mol. The van der Waals surface area contributed by atoms with Crippen LogP contribution in [0.3, 0.4) is 0 Å². The van der Waals surface area contributed by atoms with E-state index in [0.29, 0.717) is 25.7 Å². The van der Waals surface area contributed by atoms with Gasteiger partial charge in [-0.25, -0.2) is 0 Å². The first-order valence-corrected chi connectivity index (χ1v) is 17.0. The van der Waals surface area contributed by atoms with Gasteiger partial charge in [0.25, 0.3) is 0 Å². The molecule has 0 heterocycles. The van der Waals surface area contributed by atoms with Crippen LogP contribution in [0, 0.1) is 69.2 Å². The third-order valence-electron chi connectivity index (χ3n) is 10.8. The standard InChI is InChI=1S/C44H50O5/c1-22-11-36(18-34-14-27(6)42(47)38(30(34)9)19-32-12-25(4)40(45)16-23(32)2)44(49)37(29(22)8)21-35-15-28(7)43(48)39(31(35)10)20-33-13-26(5)41(46)17-24(33)3/h11-17,45-49H,18-21H2,1-10H3. The molecule has 0 fully saturated rings. The van der Waals surface area contributed by atoms with E-state index in [2.05, 4.69) is 19.9 Å². The Kier molecular flexibility index (Phi) is 9.79. The van der Waals surface area contributed by atoms with Crippen molar-refractivity contribution < 1.29 is 25.5 Å². The molecule has 5 aromatic carbocycles. The molecule has 5 nitrogen and oxygen atoms in total. The maximum Gasteiger partial charge on any atom is 0.122 e. The predicted octanol–water partition coefficient (Wildman–Crippen LogP) is 9.66. The number of hydrogen-bond acceptors (Lipinski definition) is 5. The Morgan fingerprint density at radius 2 is 0.653 bits per heavy atom. The Bertz CT molecular complexity index is 2120. The molecule has 0 bridgehead atoms. The van der Waals surface area contributed by atoms with Crippen molar-refractivity contribution in [3.63, 3.8) is 0 Å². The molecule has 0 unspecified atom stereocenters. The summed E-state index contributed by atoms with van der Waals surface area (Å²) in [5.41, 5.74) is 16.8. The smallest absolute Gasteiger partial charge is 0.122 e. The Labute approximate surface area is 291 Å². The van der Waals surface area contributed by atoms with Crippen LogP contribution in [-0.2, 0) is 25.7 Å². The van der Waals surface area contributed by atoms with Crippen molar-refractivity contribution in [3.8, 4) is 28.7 Å². The molecule has 0 atom stereocenters. The van der Waals surface area contributed by atoms with E-state index in [1.54, 1.807) is 12.1 Å². The van der Waals surface area contributed by atoms with E-state index >= 15 is 0 Å². The lowest BCUT2D eigenvalue weighted by Gasteiger charge is -2.21. The summed E-state index contributed by atoms with van der Waals surface area (Å²) in [6.07, 6.45) is 2.09. The number of phenols is 5. The molecule has 0 aliphatic rings. The summed E-state index contributed by atoms with van der Waals surface area (Å²) in [4.78, 5) is 0. The fourth-order valence-corrected chi connectivity index (χ4v) is 7.17. The third-order valence-corrected chi connectivity index (χ3v) is 10.8. The number of aryl methyl sites for hydroxylation is 7. The molecule has 0 saturated heterocycles. The van der Waals surface area contributed by atoms with Crippen molar-refractivity contribution >= 4 is 0 Å². The summed E-state index contributed by atoms with van der Waals surface area (Å²) in [5.74, 6) is 1.37. The molecule has 5 N–H and O–H groups in total. The van der Waals surface area contributed by atoms with Crippen molar-refractivity contribution in [1.82, 2.24) is 0 Å². The molecule has 0 aliphatic heterocycles. The highest BCUT2D eigenvalue weighted by molar-refractivity contribution is 5.59. The Hall–Kier alpha value is -4.90. The summed E-state index contributed by atoms with van der Waals surface area (Å²) >= 11 is 0. The van der Waals surface area contributed by atoms with Gasteiger partial charge in [0.2, 0.25) is 0 Å². The van der Waals surface area contributed by atoms with Crippen LogP contribution in [0.1, 0.15) is 100 Å². The van der Waals surface area contributed by atoms with Crippen LogP contribution in [0.2, 0.25) is 0 Å². The zero-order chi connectivity index (χ0) is 36.1. The molecule has 256 valence electrons. The first-order valence-electron chi connectivity index (χ1n) is 17.0. The molecular weight excluding hydrogens is 608 g/mol. The van der Waals surface area contributed by atoms with Gasteiger partial charge in [0.15, 0.2) is 0 Å². The van der Waals surface area contributed by atoms with Gasteiger partial charge < -0.3 is 25.5 Å². The number of phenolic OH excluding ortho intramolecular Hbond substituents is 5. The first kappa shape index (κ1) is 35.4. The van der Waals surface area contributed by atoms with Gasteiger partial charge in [-0.2, -0.15) is 0 Å². The topological polar surface area (TPSA) is 101 Å². The molecule has 0 amide bonds. The SMILES string of the molecule is Cc1cc(Cc2c(C)c(Cc3cc(C)c(C)c(Cc4cc(C)c(O)c(Cc5cc(C)c(O)cc5C)c4C)c3O)cc(C)c2O)c(C)cc1O. The maximum atomic E-state index is 11.9. The van der Waals surface area contributed by atoms with Crippen molar-refractivity contribution in [2.45, 2.75) is 94.9 Å². The fourth-order valence-electron chi connectivity index (χ4n) is 7.17. The summed E-state index contributed by atoms with van der Waals surface area (Å²) in [7, 11) is 0. The molecular formula is C44H50O5.